The molecule has 0 spiro atoms. The molecule has 28 nitrogen and oxygen atoms in total. The lowest BCUT2D eigenvalue weighted by Gasteiger charge is -2.38. The number of carbonyl (C=O) groups is 11. The van der Waals surface area contributed by atoms with Crippen molar-refractivity contribution in [3.8, 4) is 5.75 Å². The molecule has 4 aliphatic rings. The van der Waals surface area contributed by atoms with Crippen molar-refractivity contribution in [2.45, 2.75) is 199 Å². The summed E-state index contributed by atoms with van der Waals surface area (Å²) in [7, 11) is 2.66. The molecule has 9 N–H and O–H groups in total. The first kappa shape index (κ1) is 74.4. The minimum Gasteiger partial charge on any atom is -0.495 e. The van der Waals surface area contributed by atoms with E-state index in [1.165, 1.54) is 26.4 Å². The maximum absolute atomic E-state index is 14.1. The third-order valence-corrected chi connectivity index (χ3v) is 16.5. The second-order valence-electron chi connectivity index (χ2n) is 25.0. The molecular formula is C64H88ClN7O21. The number of methoxy groups -OCH3 is 2. The smallest absolute Gasteiger partial charge is 0.347 e. The van der Waals surface area contributed by atoms with Crippen molar-refractivity contribution in [1.29, 1.82) is 0 Å². The van der Waals surface area contributed by atoms with E-state index in [0.717, 1.165) is 5.56 Å². The second-order valence-corrected chi connectivity index (χ2v) is 25.4. The first-order chi connectivity index (χ1) is 44.0. The van der Waals surface area contributed by atoms with Crippen LogP contribution >= 0.6 is 11.6 Å². The van der Waals surface area contributed by atoms with E-state index < -0.39 is 156 Å². The monoisotopic (exact) mass is 1330 g/mol. The molecule has 4 heterocycles. The zero-order valence-electron chi connectivity index (χ0n) is 53.8. The number of imide groups is 1. The number of esters is 2. The fourth-order valence-electron chi connectivity index (χ4n) is 10.5. The molecule has 93 heavy (non-hydrogen) atoms. The summed E-state index contributed by atoms with van der Waals surface area (Å²) in [5.41, 5.74) is 0.698. The van der Waals surface area contributed by atoms with Gasteiger partial charge in [-0.05, 0) is 92.7 Å². The van der Waals surface area contributed by atoms with E-state index in [0.29, 0.717) is 27.0 Å². The Morgan fingerprint density at radius 3 is 2.14 bits per heavy atom. The van der Waals surface area contributed by atoms with Gasteiger partial charge in [-0.15, -0.1) is 5.06 Å². The molecule has 0 aliphatic carbocycles. The second kappa shape index (κ2) is 34.5. The van der Waals surface area contributed by atoms with Gasteiger partial charge in [-0.25, -0.2) is 9.59 Å². The number of benzene rings is 2. The maximum Gasteiger partial charge on any atom is 0.347 e. The average Bonchev–Trinajstić information content (AvgIpc) is 1.63. The Bertz CT molecular complexity index is 3020. The molecule has 13 atom stereocenters. The van der Waals surface area contributed by atoms with Gasteiger partial charge in [-0.3, -0.25) is 43.2 Å². The standard InChI is InChI=1S/C64H88ClN7O21/c1-33(2)28-44-61(85)89-42(15-12-16-45(73)69-41(30-37-21-24-43(87-8)39(65)29-37)58(82)68-32-64(6,7)63(86)90-44)35(5)54-55(91-54)38-22-19-36(20-23-38)31-67-57(81)40(14-10-11-27-66-60(84)56-52(79)51(78)53(80)62(88-9)92-56)70-59(83)50(34(3)4)71-46(74)17-13-18-49(77)93-72-47(75)25-26-48(72)76/h12,16,19-24,29,33-35,40-42,44,50-56,62,78-80H,10-11,13-15,17-18,25-28,30-32H2,1-9H3,(H,66,84)(H,67,81)(H,68,82)(H,69,73)(H,70,83)(H,71,74)/b16-12+/t35-,40-,41+,42-,44-,50-,51-,52-,53+,54+,55+,56-,62+/m0/s1. The van der Waals surface area contributed by atoms with Crippen molar-refractivity contribution in [3.05, 3.63) is 76.3 Å². The lowest BCUT2D eigenvalue weighted by molar-refractivity contribution is -0.283. The predicted molar refractivity (Wildman–Crippen MR) is 329 cm³/mol. The summed E-state index contributed by atoms with van der Waals surface area (Å²) in [6.45, 7) is 11.8. The molecule has 0 saturated carbocycles. The molecule has 2 aromatic carbocycles. The highest BCUT2D eigenvalue weighted by Gasteiger charge is 2.49. The van der Waals surface area contributed by atoms with Crippen LogP contribution in [0.25, 0.3) is 0 Å². The van der Waals surface area contributed by atoms with E-state index in [1.807, 2.05) is 20.8 Å². The van der Waals surface area contributed by atoms with E-state index in [2.05, 4.69) is 31.9 Å². The molecule has 4 aliphatic heterocycles. The number of ether oxygens (including phenoxy) is 6. The molecule has 29 heteroatoms. The van der Waals surface area contributed by atoms with Gasteiger partial charge in [0.15, 0.2) is 18.5 Å². The van der Waals surface area contributed by atoms with Gasteiger partial charge < -0.3 is 80.5 Å². The number of hydrogen-bond donors (Lipinski definition) is 9. The number of nitrogens with one attached hydrogen (secondary N) is 6. The van der Waals surface area contributed by atoms with Crippen molar-refractivity contribution in [2.24, 2.45) is 23.2 Å². The highest BCUT2D eigenvalue weighted by Crippen LogP contribution is 2.45. The molecule has 0 radical (unpaired) electrons. The number of nitrogens with zero attached hydrogens (tertiary/aromatic N) is 1. The van der Waals surface area contributed by atoms with E-state index in [9.17, 15) is 68.1 Å². The van der Waals surface area contributed by atoms with Gasteiger partial charge in [0.25, 0.3) is 17.7 Å². The number of aliphatic hydroxyl groups is 3. The molecule has 3 fully saturated rings. The van der Waals surface area contributed by atoms with Gasteiger partial charge in [-0.2, -0.15) is 0 Å². The summed E-state index contributed by atoms with van der Waals surface area (Å²) >= 11 is 6.39. The van der Waals surface area contributed by atoms with E-state index in [4.69, 9.17) is 44.9 Å². The number of amides is 8. The molecule has 8 amide bonds. The van der Waals surface area contributed by atoms with Gasteiger partial charge >= 0.3 is 17.9 Å². The molecule has 2 aromatic rings. The molecule has 6 rings (SSSR count). The zero-order valence-corrected chi connectivity index (χ0v) is 54.5. The highest BCUT2D eigenvalue weighted by molar-refractivity contribution is 6.32. The Kier molecular flexibility index (Phi) is 27.6. The number of rotatable bonds is 27. The molecular weight excluding hydrogens is 1240 g/mol. The summed E-state index contributed by atoms with van der Waals surface area (Å²) < 4.78 is 33.9. The third-order valence-electron chi connectivity index (χ3n) is 16.2. The SMILES string of the molecule is COc1ccc(C[C@H]2NC(=O)/C=C/C[C@@H]([C@H](C)[C@H]3O[C@@H]3c3ccc(CNC(=O)[C@H](CCCCNC(=O)[C@H]4O[C@@H](OC)[C@H](O)[C@@H](O)[C@@H]4O)NC(=O)[C@@H](NC(=O)CCCC(=O)ON4C(=O)CCC4=O)C(C)C)cc3)OC(=O)[C@H](CC(C)C)OC(=O)C(C)(C)CNC2=O)cc1Cl. The van der Waals surface area contributed by atoms with Gasteiger partial charge in [0, 0.05) is 71.2 Å². The van der Waals surface area contributed by atoms with Crippen LogP contribution in [0.3, 0.4) is 0 Å². The van der Waals surface area contributed by atoms with Crippen molar-refractivity contribution in [2.75, 3.05) is 27.3 Å². The van der Waals surface area contributed by atoms with Crippen LogP contribution in [-0.4, -0.2) is 180 Å². The summed E-state index contributed by atoms with van der Waals surface area (Å²) in [6, 6.07) is 8.70. The lowest BCUT2D eigenvalue weighted by atomic mass is 9.92. The van der Waals surface area contributed by atoms with E-state index in [1.54, 1.807) is 70.2 Å². The zero-order chi connectivity index (χ0) is 68.4. The molecule has 3 saturated heterocycles. The fourth-order valence-corrected chi connectivity index (χ4v) is 10.8. The average molecular weight is 1330 g/mol. The summed E-state index contributed by atoms with van der Waals surface area (Å²) in [5.74, 6) is -8.30. The number of epoxide rings is 1. The predicted octanol–water partition coefficient (Wildman–Crippen LogP) is 1.88. The van der Waals surface area contributed by atoms with Crippen molar-refractivity contribution < 1.29 is 101 Å². The molecule has 0 unspecified atom stereocenters. The minimum absolute atomic E-state index is 0.00633. The molecule has 512 valence electrons. The quantitative estimate of drug-likeness (QED) is 0.0267. The van der Waals surface area contributed by atoms with E-state index >= 15 is 0 Å². The van der Waals surface area contributed by atoms with E-state index in [-0.39, 0.29) is 96.2 Å². The van der Waals surface area contributed by atoms with Crippen LogP contribution in [0.15, 0.2) is 54.6 Å². The minimum atomic E-state index is -1.77. The summed E-state index contributed by atoms with van der Waals surface area (Å²) in [5, 5.41) is 47.9. The van der Waals surface area contributed by atoms with Crippen LogP contribution in [0.5, 0.6) is 5.75 Å². The Morgan fingerprint density at radius 1 is 0.806 bits per heavy atom. The number of hydrogen-bond acceptors (Lipinski definition) is 21. The van der Waals surface area contributed by atoms with Gasteiger partial charge in [0.1, 0.15) is 54.4 Å². The van der Waals surface area contributed by atoms with Crippen molar-refractivity contribution in [3.63, 3.8) is 0 Å². The normalized spacial score (nSPS) is 25.7. The maximum atomic E-state index is 14.1. The summed E-state index contributed by atoms with van der Waals surface area (Å²) in [4.78, 5) is 150. The van der Waals surface area contributed by atoms with Gasteiger partial charge in [0.2, 0.25) is 29.5 Å². The largest absolute Gasteiger partial charge is 0.495 e. The number of unbranched alkanes of at least 4 members (excludes halogenated alkanes) is 1. The Balaban J connectivity index is 1.11. The summed E-state index contributed by atoms with van der Waals surface area (Å²) in [6.07, 6.45) is -8.50. The molecule has 0 aromatic heterocycles. The van der Waals surface area contributed by atoms with Crippen LogP contribution in [0.4, 0.5) is 0 Å². The number of halogens is 1. The first-order valence-electron chi connectivity index (χ1n) is 31.2. The Hall–Kier alpha value is -7.60. The van der Waals surface area contributed by atoms with Crippen LogP contribution in [-0.2, 0) is 94.2 Å². The first-order valence-corrected chi connectivity index (χ1v) is 31.6. The van der Waals surface area contributed by atoms with Crippen LogP contribution < -0.4 is 36.6 Å². The number of aliphatic hydroxyl groups excluding tert-OH is 3. The topological polar surface area (TPSA) is 392 Å². The van der Waals surface area contributed by atoms with Crippen molar-refractivity contribution in [1.82, 2.24) is 37.0 Å². The highest BCUT2D eigenvalue weighted by atomic mass is 35.5. The lowest BCUT2D eigenvalue weighted by Crippen LogP contribution is -2.61. The van der Waals surface area contributed by atoms with Crippen LogP contribution in [0.2, 0.25) is 5.02 Å². The fraction of sp³-hybridized carbons (Fsp3) is 0.609. The number of hydroxylamine groups is 2. The molecule has 0 bridgehead atoms. The third kappa shape index (κ3) is 21.5. The Morgan fingerprint density at radius 2 is 1.49 bits per heavy atom. The number of cyclic esters (lactones) is 2. The van der Waals surface area contributed by atoms with Crippen LogP contribution in [0, 0.1) is 23.2 Å². The van der Waals surface area contributed by atoms with Gasteiger partial charge in [0.05, 0.1) is 23.7 Å². The van der Waals surface area contributed by atoms with Gasteiger partial charge in [-0.1, -0.05) is 82.6 Å². The Labute approximate surface area is 544 Å². The van der Waals surface area contributed by atoms with Crippen LogP contribution in [0.1, 0.15) is 135 Å². The number of carbonyl (C=O) groups excluding carboxylic acids is 11. The van der Waals surface area contributed by atoms with Crippen molar-refractivity contribution >= 4 is 76.8 Å².